The SMILES string of the molecule is C=CCNC(=O)CNC(C)C1CCCCC1. The minimum atomic E-state index is 0.0579. The molecule has 0 aromatic heterocycles. The molecule has 0 aromatic carbocycles. The molecule has 2 N–H and O–H groups in total. The van der Waals surface area contributed by atoms with Gasteiger partial charge < -0.3 is 10.6 Å². The van der Waals surface area contributed by atoms with Crippen LogP contribution in [-0.2, 0) is 4.79 Å². The van der Waals surface area contributed by atoms with Crippen molar-refractivity contribution < 1.29 is 4.79 Å². The average molecular weight is 224 g/mol. The lowest BCUT2D eigenvalue weighted by atomic mass is 9.84. The maximum Gasteiger partial charge on any atom is 0.234 e. The Labute approximate surface area is 98.7 Å². The van der Waals surface area contributed by atoms with Gasteiger partial charge in [0.2, 0.25) is 5.91 Å². The van der Waals surface area contributed by atoms with Gasteiger partial charge in [0.1, 0.15) is 0 Å². The van der Waals surface area contributed by atoms with Gasteiger partial charge in [0.15, 0.2) is 0 Å². The number of hydrogen-bond donors (Lipinski definition) is 2. The van der Waals surface area contributed by atoms with Crippen molar-refractivity contribution in [3.8, 4) is 0 Å². The third-order valence-corrected chi connectivity index (χ3v) is 3.39. The van der Waals surface area contributed by atoms with Crippen LogP contribution in [0, 0.1) is 5.92 Å². The van der Waals surface area contributed by atoms with Crippen LogP contribution in [0.1, 0.15) is 39.0 Å². The van der Waals surface area contributed by atoms with Crippen LogP contribution in [0.3, 0.4) is 0 Å². The van der Waals surface area contributed by atoms with Crippen LogP contribution < -0.4 is 10.6 Å². The summed E-state index contributed by atoms with van der Waals surface area (Å²) in [7, 11) is 0. The van der Waals surface area contributed by atoms with Crippen LogP contribution in [0.4, 0.5) is 0 Å². The highest BCUT2D eigenvalue weighted by Crippen LogP contribution is 2.26. The zero-order chi connectivity index (χ0) is 11.8. The van der Waals surface area contributed by atoms with E-state index in [1.165, 1.54) is 32.1 Å². The molecule has 1 unspecified atom stereocenters. The molecule has 1 aliphatic carbocycles. The Kier molecular flexibility index (Phi) is 6.16. The maximum absolute atomic E-state index is 11.4. The van der Waals surface area contributed by atoms with Crippen molar-refractivity contribution in [2.75, 3.05) is 13.1 Å². The van der Waals surface area contributed by atoms with Gasteiger partial charge in [0.05, 0.1) is 6.54 Å². The van der Waals surface area contributed by atoms with Gasteiger partial charge in [-0.1, -0.05) is 25.3 Å². The first kappa shape index (κ1) is 13.2. The van der Waals surface area contributed by atoms with E-state index in [2.05, 4.69) is 24.1 Å². The molecule has 1 saturated carbocycles. The molecule has 3 nitrogen and oxygen atoms in total. The van der Waals surface area contributed by atoms with Crippen LogP contribution in [0.15, 0.2) is 12.7 Å². The first-order valence-corrected chi connectivity index (χ1v) is 6.35. The van der Waals surface area contributed by atoms with Gasteiger partial charge in [-0.2, -0.15) is 0 Å². The second kappa shape index (κ2) is 7.44. The summed E-state index contributed by atoms with van der Waals surface area (Å²) in [5.74, 6) is 0.809. The number of nitrogens with one attached hydrogen (secondary N) is 2. The Morgan fingerprint density at radius 2 is 2.12 bits per heavy atom. The van der Waals surface area contributed by atoms with E-state index in [0.29, 0.717) is 19.1 Å². The number of carbonyl (C=O) groups excluding carboxylic acids is 1. The predicted octanol–water partition coefficient (Wildman–Crippen LogP) is 1.85. The van der Waals surface area contributed by atoms with Gasteiger partial charge in [-0.15, -0.1) is 6.58 Å². The molecule has 0 bridgehead atoms. The standard InChI is InChI=1S/C13H24N2O/c1-3-9-14-13(16)10-15-11(2)12-7-5-4-6-8-12/h3,11-12,15H,1,4-10H2,2H3,(H,14,16). The summed E-state index contributed by atoms with van der Waals surface area (Å²) in [4.78, 5) is 11.4. The van der Waals surface area contributed by atoms with Crippen molar-refractivity contribution in [3.05, 3.63) is 12.7 Å². The molecule has 1 rings (SSSR count). The molecule has 0 aromatic rings. The van der Waals surface area contributed by atoms with Gasteiger partial charge in [-0.25, -0.2) is 0 Å². The summed E-state index contributed by atoms with van der Waals surface area (Å²) < 4.78 is 0. The van der Waals surface area contributed by atoms with Gasteiger partial charge in [-0.05, 0) is 25.7 Å². The highest BCUT2D eigenvalue weighted by molar-refractivity contribution is 5.78. The zero-order valence-electron chi connectivity index (χ0n) is 10.3. The molecular formula is C13H24N2O. The fourth-order valence-corrected chi connectivity index (χ4v) is 2.30. The Bertz CT molecular complexity index is 222. The van der Waals surface area contributed by atoms with Gasteiger partial charge >= 0.3 is 0 Å². The lowest BCUT2D eigenvalue weighted by Gasteiger charge is -2.28. The van der Waals surface area contributed by atoms with E-state index < -0.39 is 0 Å². The van der Waals surface area contributed by atoms with Crippen molar-refractivity contribution in [1.29, 1.82) is 0 Å². The summed E-state index contributed by atoms with van der Waals surface area (Å²) in [5.41, 5.74) is 0. The number of hydrogen-bond acceptors (Lipinski definition) is 2. The fourth-order valence-electron chi connectivity index (χ4n) is 2.30. The minimum absolute atomic E-state index is 0.0579. The number of carbonyl (C=O) groups is 1. The Morgan fingerprint density at radius 1 is 1.44 bits per heavy atom. The van der Waals surface area contributed by atoms with Crippen LogP contribution in [0.5, 0.6) is 0 Å². The highest BCUT2D eigenvalue weighted by atomic mass is 16.1. The van der Waals surface area contributed by atoms with Crippen molar-refractivity contribution in [3.63, 3.8) is 0 Å². The van der Waals surface area contributed by atoms with E-state index in [9.17, 15) is 4.79 Å². The van der Waals surface area contributed by atoms with E-state index in [-0.39, 0.29) is 5.91 Å². The molecule has 0 radical (unpaired) electrons. The molecular weight excluding hydrogens is 200 g/mol. The van der Waals surface area contributed by atoms with E-state index in [4.69, 9.17) is 0 Å². The lowest BCUT2D eigenvalue weighted by Crippen LogP contribution is -2.41. The van der Waals surface area contributed by atoms with Crippen molar-refractivity contribution in [1.82, 2.24) is 10.6 Å². The van der Waals surface area contributed by atoms with E-state index in [1.54, 1.807) is 6.08 Å². The second-order valence-corrected chi connectivity index (χ2v) is 4.66. The summed E-state index contributed by atoms with van der Waals surface area (Å²) in [6.07, 6.45) is 8.38. The van der Waals surface area contributed by atoms with Crippen LogP contribution in [0.25, 0.3) is 0 Å². The molecule has 1 amide bonds. The summed E-state index contributed by atoms with van der Waals surface area (Å²) in [6, 6.07) is 0.454. The summed E-state index contributed by atoms with van der Waals surface area (Å²) in [6.45, 7) is 6.73. The second-order valence-electron chi connectivity index (χ2n) is 4.66. The summed E-state index contributed by atoms with van der Waals surface area (Å²) >= 11 is 0. The molecule has 3 heteroatoms. The molecule has 1 atom stereocenters. The maximum atomic E-state index is 11.4. The van der Waals surface area contributed by atoms with Crippen molar-refractivity contribution in [2.24, 2.45) is 5.92 Å². The van der Waals surface area contributed by atoms with Gasteiger partial charge in [0, 0.05) is 12.6 Å². The van der Waals surface area contributed by atoms with Crippen LogP contribution in [-0.4, -0.2) is 25.0 Å². The first-order chi connectivity index (χ1) is 7.74. The molecule has 0 spiro atoms. The molecule has 92 valence electrons. The Morgan fingerprint density at radius 3 is 2.75 bits per heavy atom. The third-order valence-electron chi connectivity index (χ3n) is 3.39. The molecule has 16 heavy (non-hydrogen) atoms. The quantitative estimate of drug-likeness (QED) is 0.676. The Hall–Kier alpha value is -0.830. The van der Waals surface area contributed by atoms with Crippen LogP contribution >= 0.6 is 0 Å². The first-order valence-electron chi connectivity index (χ1n) is 6.35. The molecule has 1 aliphatic rings. The van der Waals surface area contributed by atoms with E-state index >= 15 is 0 Å². The lowest BCUT2D eigenvalue weighted by molar-refractivity contribution is -0.120. The monoisotopic (exact) mass is 224 g/mol. The van der Waals surface area contributed by atoms with Gasteiger partial charge in [-0.3, -0.25) is 4.79 Å². The van der Waals surface area contributed by atoms with Crippen molar-refractivity contribution >= 4 is 5.91 Å². The smallest absolute Gasteiger partial charge is 0.234 e. The van der Waals surface area contributed by atoms with E-state index in [0.717, 1.165) is 5.92 Å². The number of amides is 1. The van der Waals surface area contributed by atoms with Crippen LogP contribution in [0.2, 0.25) is 0 Å². The normalized spacial score (nSPS) is 19.1. The fraction of sp³-hybridized carbons (Fsp3) is 0.769. The molecule has 0 aliphatic heterocycles. The van der Waals surface area contributed by atoms with E-state index in [1.807, 2.05) is 0 Å². The Balaban J connectivity index is 2.15. The third kappa shape index (κ3) is 4.79. The minimum Gasteiger partial charge on any atom is -0.352 e. The highest BCUT2D eigenvalue weighted by Gasteiger charge is 2.19. The zero-order valence-corrected chi connectivity index (χ0v) is 10.3. The number of rotatable bonds is 6. The van der Waals surface area contributed by atoms with Crippen molar-refractivity contribution in [2.45, 2.75) is 45.1 Å². The molecule has 0 heterocycles. The molecule has 1 fully saturated rings. The largest absolute Gasteiger partial charge is 0.352 e. The summed E-state index contributed by atoms with van der Waals surface area (Å²) in [5, 5.41) is 6.09. The van der Waals surface area contributed by atoms with Gasteiger partial charge in [0.25, 0.3) is 0 Å². The molecule has 0 saturated heterocycles. The average Bonchev–Trinajstić information content (AvgIpc) is 2.34. The predicted molar refractivity (Wildman–Crippen MR) is 67.2 cm³/mol. The topological polar surface area (TPSA) is 41.1 Å².